The molecule has 0 N–H and O–H groups in total. The van der Waals surface area contributed by atoms with Crippen molar-refractivity contribution in [2.45, 2.75) is 128 Å². The Morgan fingerprint density at radius 2 is 0.444 bits per heavy atom. The first-order valence-corrected chi connectivity index (χ1v) is 14.2. The van der Waals surface area contributed by atoms with E-state index in [1.807, 2.05) is 0 Å². The molecule has 8 nitrogen and oxygen atoms in total. The van der Waals surface area contributed by atoms with Crippen molar-refractivity contribution in [3.8, 4) is 0 Å². The van der Waals surface area contributed by atoms with Crippen LogP contribution in [-0.4, -0.2) is 50.3 Å². The number of rotatable bonds is 0. The first-order valence-electron chi connectivity index (χ1n) is 14.2. The Bertz CT molecular complexity index is 552. The molecule has 36 heavy (non-hydrogen) atoms. The van der Waals surface area contributed by atoms with Gasteiger partial charge in [0.15, 0.2) is 0 Å². The zero-order valence-corrected chi connectivity index (χ0v) is 22.2. The van der Waals surface area contributed by atoms with E-state index < -0.39 is 23.9 Å². The minimum absolute atomic E-state index is 0.305. The summed E-state index contributed by atoms with van der Waals surface area (Å²) in [6.07, 6.45) is 18.0. The summed E-state index contributed by atoms with van der Waals surface area (Å²) in [6, 6.07) is 0. The van der Waals surface area contributed by atoms with Crippen LogP contribution >= 0.6 is 0 Å². The second kappa shape index (κ2) is 23.3. The van der Waals surface area contributed by atoms with Gasteiger partial charge in [-0.15, -0.1) is 0 Å². The van der Waals surface area contributed by atoms with Crippen molar-refractivity contribution in [3.05, 3.63) is 0 Å². The molecule has 0 aromatic rings. The minimum atomic E-state index is -0.531. The molecule has 1 aliphatic heterocycles. The maximum atomic E-state index is 11.7. The van der Waals surface area contributed by atoms with Gasteiger partial charge in [-0.3, -0.25) is 19.2 Å². The summed E-state index contributed by atoms with van der Waals surface area (Å²) in [6.45, 7) is 1.34. The number of hydrogen-bond donors (Lipinski definition) is 0. The third-order valence-corrected chi connectivity index (χ3v) is 6.21. The van der Waals surface area contributed by atoms with Crippen molar-refractivity contribution in [3.63, 3.8) is 0 Å². The van der Waals surface area contributed by atoms with E-state index >= 15 is 0 Å². The fourth-order valence-electron chi connectivity index (χ4n) is 4.07. The highest BCUT2D eigenvalue weighted by atomic mass is 16.6. The number of esters is 4. The molecule has 0 amide bonds. The number of cyclic esters (lactones) is 4. The number of carbonyl (C=O) groups is 4. The van der Waals surface area contributed by atoms with Crippen LogP contribution in [0.1, 0.15) is 128 Å². The van der Waals surface area contributed by atoms with Gasteiger partial charge in [0.2, 0.25) is 0 Å². The zero-order valence-electron chi connectivity index (χ0n) is 22.2. The van der Waals surface area contributed by atoms with E-state index in [2.05, 4.69) is 0 Å². The summed E-state index contributed by atoms with van der Waals surface area (Å²) in [7, 11) is 0. The Labute approximate surface area is 217 Å². The van der Waals surface area contributed by atoms with Crippen LogP contribution in [0.15, 0.2) is 0 Å². The largest absolute Gasteiger partial charge is 0.465 e. The molecule has 8 heteroatoms. The molecule has 208 valence electrons. The van der Waals surface area contributed by atoms with Gasteiger partial charge in [0.05, 0.1) is 26.4 Å². The molecular weight excluding hydrogens is 464 g/mol. The van der Waals surface area contributed by atoms with Gasteiger partial charge in [0.25, 0.3) is 0 Å². The van der Waals surface area contributed by atoms with Crippen LogP contribution in [0.3, 0.4) is 0 Å². The Hall–Kier alpha value is -2.12. The Kier molecular flexibility index (Phi) is 20.6. The van der Waals surface area contributed by atoms with E-state index in [9.17, 15) is 19.2 Å². The normalized spacial score (nSPS) is 22.0. The van der Waals surface area contributed by atoms with Crippen LogP contribution < -0.4 is 0 Å². The molecule has 1 fully saturated rings. The summed E-state index contributed by atoms with van der Waals surface area (Å²) in [5, 5.41) is 0. The van der Waals surface area contributed by atoms with Crippen molar-refractivity contribution in [1.29, 1.82) is 0 Å². The molecule has 0 atom stereocenters. The summed E-state index contributed by atoms with van der Waals surface area (Å²) in [5.74, 6) is -2.08. The fraction of sp³-hybridized carbons (Fsp3) is 0.857. The molecule has 0 unspecified atom stereocenters. The van der Waals surface area contributed by atoms with E-state index in [-0.39, 0.29) is 12.8 Å². The molecule has 0 bridgehead atoms. The highest BCUT2D eigenvalue weighted by Crippen LogP contribution is 2.12. The highest BCUT2D eigenvalue weighted by Gasteiger charge is 2.13. The first-order chi connectivity index (χ1) is 17.6. The predicted molar refractivity (Wildman–Crippen MR) is 136 cm³/mol. The third-order valence-electron chi connectivity index (χ3n) is 6.21. The SMILES string of the molecule is O=C1CC(=O)OCCCCCCCCOC(=O)CC(=O)OCCCCCCCCCCCCCCO1. The third kappa shape index (κ3) is 21.2. The van der Waals surface area contributed by atoms with Gasteiger partial charge in [-0.1, -0.05) is 89.9 Å². The van der Waals surface area contributed by atoms with Crippen LogP contribution in [0, 0.1) is 0 Å². The smallest absolute Gasteiger partial charge is 0.317 e. The summed E-state index contributed by atoms with van der Waals surface area (Å²) in [4.78, 5) is 46.9. The van der Waals surface area contributed by atoms with E-state index in [0.29, 0.717) is 26.4 Å². The molecule has 0 spiro atoms. The van der Waals surface area contributed by atoms with E-state index in [1.54, 1.807) is 0 Å². The van der Waals surface area contributed by atoms with Gasteiger partial charge in [-0.25, -0.2) is 0 Å². The lowest BCUT2D eigenvalue weighted by atomic mass is 10.1. The molecule has 0 aliphatic carbocycles. The molecule has 1 rings (SSSR count). The lowest BCUT2D eigenvalue weighted by Crippen LogP contribution is -2.15. The number of ether oxygens (including phenoxy) is 4. The molecule has 1 saturated heterocycles. The standard InChI is InChI=1S/C28H48O8/c29-25-23-27(31)35-21-17-13-9-10-14-18-22-36-28(32)24-26(30)34-20-16-12-8-6-4-2-1-3-5-7-11-15-19-33-25/h1-24H2. The summed E-state index contributed by atoms with van der Waals surface area (Å²) < 4.78 is 20.5. The number of carbonyl (C=O) groups excluding carboxylic acids is 4. The van der Waals surface area contributed by atoms with Gasteiger partial charge in [0.1, 0.15) is 12.8 Å². The summed E-state index contributed by atoms with van der Waals surface area (Å²) in [5.41, 5.74) is 0. The fourth-order valence-corrected chi connectivity index (χ4v) is 4.07. The molecule has 0 radical (unpaired) electrons. The highest BCUT2D eigenvalue weighted by molar-refractivity contribution is 5.91. The summed E-state index contributed by atoms with van der Waals surface area (Å²) >= 11 is 0. The zero-order chi connectivity index (χ0) is 26.1. The van der Waals surface area contributed by atoms with E-state index in [0.717, 1.165) is 77.0 Å². The Balaban J connectivity index is 2.23. The molecule has 0 saturated carbocycles. The van der Waals surface area contributed by atoms with Crippen molar-refractivity contribution < 1.29 is 38.1 Å². The second-order valence-corrected chi connectivity index (χ2v) is 9.60. The second-order valence-electron chi connectivity index (χ2n) is 9.60. The molecule has 1 heterocycles. The van der Waals surface area contributed by atoms with Crippen LogP contribution in [0.5, 0.6) is 0 Å². The lowest BCUT2D eigenvalue weighted by Gasteiger charge is -2.07. The Morgan fingerprint density at radius 1 is 0.278 bits per heavy atom. The monoisotopic (exact) mass is 512 g/mol. The predicted octanol–water partition coefficient (Wildman–Crippen LogP) is 5.97. The van der Waals surface area contributed by atoms with Crippen molar-refractivity contribution in [2.24, 2.45) is 0 Å². The van der Waals surface area contributed by atoms with Crippen LogP contribution in [0.4, 0.5) is 0 Å². The molecule has 0 aromatic carbocycles. The van der Waals surface area contributed by atoms with Gasteiger partial charge < -0.3 is 18.9 Å². The van der Waals surface area contributed by atoms with Crippen molar-refractivity contribution in [2.75, 3.05) is 26.4 Å². The van der Waals surface area contributed by atoms with Crippen LogP contribution in [-0.2, 0) is 38.1 Å². The van der Waals surface area contributed by atoms with E-state index in [1.165, 1.54) is 38.5 Å². The lowest BCUT2D eigenvalue weighted by molar-refractivity contribution is -0.156. The Morgan fingerprint density at radius 3 is 0.639 bits per heavy atom. The maximum absolute atomic E-state index is 11.7. The topological polar surface area (TPSA) is 105 Å². The van der Waals surface area contributed by atoms with Gasteiger partial charge in [0, 0.05) is 0 Å². The maximum Gasteiger partial charge on any atom is 0.317 e. The number of hydrogen-bond acceptors (Lipinski definition) is 8. The molecule has 1 aliphatic rings. The van der Waals surface area contributed by atoms with Gasteiger partial charge in [-0.2, -0.15) is 0 Å². The first kappa shape index (κ1) is 31.9. The quantitative estimate of drug-likeness (QED) is 0.222. The molecular formula is C28H48O8. The average molecular weight is 513 g/mol. The van der Waals surface area contributed by atoms with E-state index in [4.69, 9.17) is 18.9 Å². The minimum Gasteiger partial charge on any atom is -0.465 e. The van der Waals surface area contributed by atoms with Crippen LogP contribution in [0.25, 0.3) is 0 Å². The van der Waals surface area contributed by atoms with Crippen molar-refractivity contribution in [1.82, 2.24) is 0 Å². The van der Waals surface area contributed by atoms with Crippen molar-refractivity contribution >= 4 is 23.9 Å². The average Bonchev–Trinajstić information content (AvgIpc) is 2.84. The van der Waals surface area contributed by atoms with Crippen LogP contribution in [0.2, 0.25) is 0 Å². The van der Waals surface area contributed by atoms with Gasteiger partial charge in [-0.05, 0) is 25.7 Å². The van der Waals surface area contributed by atoms with Gasteiger partial charge >= 0.3 is 23.9 Å². The molecule has 0 aromatic heterocycles.